The molecule has 0 fully saturated rings. The van der Waals surface area contributed by atoms with E-state index in [1.807, 2.05) is 0 Å². The van der Waals surface area contributed by atoms with Crippen LogP contribution in [0.15, 0.2) is 30.6 Å². The van der Waals surface area contributed by atoms with E-state index in [-0.39, 0.29) is 11.4 Å². The average Bonchev–Trinajstić information content (AvgIpc) is 2.92. The maximum atomic E-state index is 11.2. The molecule has 2 aromatic rings. The van der Waals surface area contributed by atoms with Gasteiger partial charge in [0.05, 0.1) is 11.5 Å². The first-order valence-corrected chi connectivity index (χ1v) is 6.34. The third-order valence-corrected chi connectivity index (χ3v) is 2.71. The van der Waals surface area contributed by atoms with Crippen LogP contribution >= 0.6 is 0 Å². The van der Waals surface area contributed by atoms with E-state index >= 15 is 0 Å². The monoisotopic (exact) mass is 276 g/mol. The largest absolute Gasteiger partial charge is 0.487 e. The minimum atomic E-state index is -0.430. The predicted octanol–water partition coefficient (Wildman–Crippen LogP) is 2.37. The summed E-state index contributed by atoms with van der Waals surface area (Å²) >= 11 is 0. The molecule has 0 saturated carbocycles. The van der Waals surface area contributed by atoms with Crippen molar-refractivity contribution in [2.24, 2.45) is 0 Å². The first kappa shape index (κ1) is 13.9. The first-order chi connectivity index (χ1) is 9.72. The van der Waals surface area contributed by atoms with Gasteiger partial charge in [-0.15, -0.1) is 0 Å². The fourth-order valence-electron chi connectivity index (χ4n) is 1.88. The second kappa shape index (κ2) is 6.55. The normalized spacial score (nSPS) is 10.2. The molecule has 0 saturated heterocycles. The van der Waals surface area contributed by atoms with Gasteiger partial charge in [-0.05, 0) is 19.1 Å². The molecule has 106 valence electrons. The molecule has 7 nitrogen and oxygen atoms in total. The average molecular weight is 276 g/mol. The van der Waals surface area contributed by atoms with Crippen LogP contribution in [0.2, 0.25) is 0 Å². The Hall–Kier alpha value is -2.57. The van der Waals surface area contributed by atoms with Crippen LogP contribution in [0.1, 0.15) is 12.7 Å². The summed E-state index contributed by atoms with van der Waals surface area (Å²) in [7, 11) is 0. The Morgan fingerprint density at radius 2 is 2.35 bits per heavy atom. The van der Waals surface area contributed by atoms with Crippen LogP contribution in [0.4, 0.5) is 11.4 Å². The van der Waals surface area contributed by atoms with Gasteiger partial charge in [-0.3, -0.25) is 10.1 Å². The number of ether oxygens (including phenoxy) is 1. The molecule has 1 aromatic heterocycles. The Labute approximate surface area is 116 Å². The second-order valence-corrected chi connectivity index (χ2v) is 4.06. The van der Waals surface area contributed by atoms with Gasteiger partial charge >= 0.3 is 5.69 Å². The molecular formula is C13H16N4O3. The van der Waals surface area contributed by atoms with Crippen LogP contribution < -0.4 is 10.1 Å². The van der Waals surface area contributed by atoms with E-state index in [0.29, 0.717) is 25.3 Å². The number of nitro benzene ring substituents is 1. The Kier molecular flexibility index (Phi) is 4.54. The van der Waals surface area contributed by atoms with Crippen molar-refractivity contribution in [2.45, 2.75) is 13.3 Å². The number of nitrogens with zero attached hydrogens (tertiary/aromatic N) is 2. The number of hydrogen-bond donors (Lipinski definition) is 2. The van der Waals surface area contributed by atoms with Gasteiger partial charge in [0.1, 0.15) is 11.5 Å². The van der Waals surface area contributed by atoms with Crippen molar-refractivity contribution in [3.8, 4) is 5.75 Å². The molecule has 0 unspecified atom stereocenters. The van der Waals surface area contributed by atoms with Gasteiger partial charge in [0.2, 0.25) is 0 Å². The number of imidazole rings is 1. The van der Waals surface area contributed by atoms with Gasteiger partial charge < -0.3 is 15.0 Å². The fraction of sp³-hybridized carbons (Fsp3) is 0.308. The van der Waals surface area contributed by atoms with Gasteiger partial charge in [0.25, 0.3) is 0 Å². The molecule has 1 aromatic carbocycles. The summed E-state index contributed by atoms with van der Waals surface area (Å²) in [6, 6.07) is 5.00. The van der Waals surface area contributed by atoms with E-state index in [0.717, 1.165) is 5.82 Å². The first-order valence-electron chi connectivity index (χ1n) is 6.34. The number of para-hydroxylation sites is 1. The topological polar surface area (TPSA) is 93.1 Å². The van der Waals surface area contributed by atoms with Gasteiger partial charge in [-0.25, -0.2) is 4.98 Å². The lowest BCUT2D eigenvalue weighted by Crippen LogP contribution is -2.08. The Balaban J connectivity index is 2.09. The number of hydrogen-bond acceptors (Lipinski definition) is 5. The number of aromatic amines is 1. The zero-order valence-corrected chi connectivity index (χ0v) is 11.1. The van der Waals surface area contributed by atoms with Crippen molar-refractivity contribution in [1.29, 1.82) is 0 Å². The highest BCUT2D eigenvalue weighted by atomic mass is 16.6. The standard InChI is InChI=1S/C13H16N4O3/c1-2-20-11-5-3-4-10(13(11)17(18)19)14-7-6-12-15-8-9-16-12/h3-5,8-9,14H,2,6-7H2,1H3,(H,15,16). The smallest absolute Gasteiger partial charge is 0.333 e. The highest BCUT2D eigenvalue weighted by Crippen LogP contribution is 2.34. The molecule has 0 spiro atoms. The fourth-order valence-corrected chi connectivity index (χ4v) is 1.88. The van der Waals surface area contributed by atoms with Gasteiger partial charge in [-0.1, -0.05) is 6.07 Å². The van der Waals surface area contributed by atoms with Gasteiger partial charge in [0.15, 0.2) is 5.75 Å². The van der Waals surface area contributed by atoms with Crippen LogP contribution in [0.5, 0.6) is 5.75 Å². The maximum Gasteiger partial charge on any atom is 0.333 e. The van der Waals surface area contributed by atoms with E-state index in [1.54, 1.807) is 37.5 Å². The highest BCUT2D eigenvalue weighted by molar-refractivity contribution is 5.68. The van der Waals surface area contributed by atoms with E-state index in [9.17, 15) is 10.1 Å². The molecular weight excluding hydrogens is 260 g/mol. The second-order valence-electron chi connectivity index (χ2n) is 4.06. The molecule has 1 heterocycles. The Morgan fingerprint density at radius 3 is 3.00 bits per heavy atom. The zero-order chi connectivity index (χ0) is 14.4. The summed E-state index contributed by atoms with van der Waals surface area (Å²) in [6.45, 7) is 2.72. The summed E-state index contributed by atoms with van der Waals surface area (Å²) in [6.07, 6.45) is 4.07. The number of nitrogens with one attached hydrogen (secondary N) is 2. The summed E-state index contributed by atoms with van der Waals surface area (Å²) < 4.78 is 5.29. The number of H-pyrrole nitrogens is 1. The minimum absolute atomic E-state index is 0.0335. The lowest BCUT2D eigenvalue weighted by Gasteiger charge is -2.09. The van der Waals surface area contributed by atoms with E-state index < -0.39 is 4.92 Å². The third kappa shape index (κ3) is 3.25. The van der Waals surface area contributed by atoms with Crippen molar-refractivity contribution in [2.75, 3.05) is 18.5 Å². The SMILES string of the molecule is CCOc1cccc(NCCc2ncc[nH]2)c1[N+](=O)[O-]. The van der Waals surface area contributed by atoms with Crippen LogP contribution in [0, 0.1) is 10.1 Å². The minimum Gasteiger partial charge on any atom is -0.487 e. The van der Waals surface area contributed by atoms with E-state index in [2.05, 4.69) is 15.3 Å². The Bertz CT molecular complexity index is 569. The number of anilines is 1. The molecule has 20 heavy (non-hydrogen) atoms. The molecule has 7 heteroatoms. The summed E-state index contributed by atoms with van der Waals surface area (Å²) in [5.41, 5.74) is 0.418. The molecule has 0 aliphatic heterocycles. The van der Waals surface area contributed by atoms with Crippen molar-refractivity contribution in [1.82, 2.24) is 9.97 Å². The summed E-state index contributed by atoms with van der Waals surface area (Å²) in [5, 5.41) is 14.2. The van der Waals surface area contributed by atoms with Crippen molar-refractivity contribution in [3.05, 3.63) is 46.5 Å². The molecule has 0 bridgehead atoms. The highest BCUT2D eigenvalue weighted by Gasteiger charge is 2.20. The van der Waals surface area contributed by atoms with Crippen LogP contribution in [-0.2, 0) is 6.42 Å². The van der Waals surface area contributed by atoms with Gasteiger partial charge in [-0.2, -0.15) is 0 Å². The van der Waals surface area contributed by atoms with Crippen molar-refractivity contribution in [3.63, 3.8) is 0 Å². The number of rotatable bonds is 7. The number of aromatic nitrogens is 2. The Morgan fingerprint density at radius 1 is 1.50 bits per heavy atom. The lowest BCUT2D eigenvalue weighted by atomic mass is 10.2. The van der Waals surface area contributed by atoms with E-state index in [4.69, 9.17) is 4.74 Å². The van der Waals surface area contributed by atoms with Crippen molar-refractivity contribution >= 4 is 11.4 Å². The zero-order valence-electron chi connectivity index (χ0n) is 11.1. The van der Waals surface area contributed by atoms with Crippen LogP contribution in [-0.4, -0.2) is 28.0 Å². The molecule has 2 N–H and O–H groups in total. The quantitative estimate of drug-likeness (QED) is 0.598. The lowest BCUT2D eigenvalue weighted by molar-refractivity contribution is -0.384. The van der Waals surface area contributed by atoms with E-state index in [1.165, 1.54) is 0 Å². The molecule has 0 atom stereocenters. The maximum absolute atomic E-state index is 11.2. The molecule has 2 rings (SSSR count). The third-order valence-electron chi connectivity index (χ3n) is 2.71. The van der Waals surface area contributed by atoms with Crippen LogP contribution in [0.25, 0.3) is 0 Å². The number of benzene rings is 1. The summed E-state index contributed by atoms with van der Waals surface area (Å²) in [5.74, 6) is 1.11. The molecule has 0 aliphatic carbocycles. The molecule has 0 aliphatic rings. The van der Waals surface area contributed by atoms with Crippen LogP contribution in [0.3, 0.4) is 0 Å². The predicted molar refractivity (Wildman–Crippen MR) is 75.0 cm³/mol. The number of nitro groups is 1. The molecule has 0 radical (unpaired) electrons. The van der Waals surface area contributed by atoms with Crippen molar-refractivity contribution < 1.29 is 9.66 Å². The molecule has 0 amide bonds. The summed E-state index contributed by atoms with van der Waals surface area (Å²) in [4.78, 5) is 17.8. The van der Waals surface area contributed by atoms with Gasteiger partial charge in [0, 0.05) is 25.4 Å².